The number of hydrogen-bond donors (Lipinski definition) is 1. The number of hydrogen-bond acceptors (Lipinski definition) is 5. The molecule has 0 bridgehead atoms. The van der Waals surface area contributed by atoms with Crippen LogP contribution in [-0.4, -0.2) is 24.6 Å². The first kappa shape index (κ1) is 12.9. The maximum Gasteiger partial charge on any atom is 0.314 e. The van der Waals surface area contributed by atoms with E-state index in [0.29, 0.717) is 0 Å². The van der Waals surface area contributed by atoms with Crippen molar-refractivity contribution in [1.29, 1.82) is 5.26 Å². The number of rotatable bonds is 5. The van der Waals surface area contributed by atoms with Crippen molar-refractivity contribution in [3.05, 3.63) is 34.1 Å². The molecule has 90 valence electrons. The van der Waals surface area contributed by atoms with Crippen molar-refractivity contribution >= 4 is 5.69 Å². The molecular weight excluding hydrogens is 229 g/mol. The molecule has 0 aliphatic carbocycles. The molecule has 0 radical (unpaired) electrons. The first-order valence-electron chi connectivity index (χ1n) is 4.72. The number of ether oxygens (including phenoxy) is 1. The Kier molecular flexibility index (Phi) is 4.37. The third kappa shape index (κ3) is 3.12. The summed E-state index contributed by atoms with van der Waals surface area (Å²) < 4.78 is 18.3. The van der Waals surface area contributed by atoms with Crippen molar-refractivity contribution in [2.75, 3.05) is 13.7 Å². The van der Waals surface area contributed by atoms with Gasteiger partial charge < -0.3 is 10.1 Å². The zero-order chi connectivity index (χ0) is 12.8. The van der Waals surface area contributed by atoms with E-state index in [9.17, 15) is 14.5 Å². The van der Waals surface area contributed by atoms with Crippen LogP contribution in [0.3, 0.4) is 0 Å². The Morgan fingerprint density at radius 2 is 2.41 bits per heavy atom. The number of likely N-dealkylation sites (N-methyl/N-ethyl adjacent to an activating group) is 1. The number of para-hydroxylation sites is 1. The van der Waals surface area contributed by atoms with Crippen molar-refractivity contribution in [1.82, 2.24) is 5.32 Å². The Morgan fingerprint density at radius 1 is 1.71 bits per heavy atom. The molecule has 7 heteroatoms. The van der Waals surface area contributed by atoms with Gasteiger partial charge in [-0.3, -0.25) is 10.1 Å². The van der Waals surface area contributed by atoms with Crippen LogP contribution in [0, 0.1) is 27.3 Å². The molecular formula is C10H10FN3O3. The molecule has 0 amide bonds. The highest BCUT2D eigenvalue weighted by Gasteiger charge is 2.20. The summed E-state index contributed by atoms with van der Waals surface area (Å²) in [6.45, 7) is -0.172. The fourth-order valence-corrected chi connectivity index (χ4v) is 1.14. The van der Waals surface area contributed by atoms with Crippen molar-refractivity contribution in [3.63, 3.8) is 0 Å². The van der Waals surface area contributed by atoms with E-state index in [1.807, 2.05) is 6.07 Å². The van der Waals surface area contributed by atoms with Gasteiger partial charge in [0, 0.05) is 6.07 Å². The molecule has 6 nitrogen and oxygen atoms in total. The molecule has 1 aromatic carbocycles. The van der Waals surface area contributed by atoms with Crippen LogP contribution >= 0.6 is 0 Å². The van der Waals surface area contributed by atoms with Gasteiger partial charge in [0.25, 0.3) is 0 Å². The van der Waals surface area contributed by atoms with Crippen molar-refractivity contribution in [2.45, 2.75) is 6.04 Å². The molecule has 1 rings (SSSR count). The van der Waals surface area contributed by atoms with Gasteiger partial charge in [-0.25, -0.2) is 4.39 Å². The SMILES string of the molecule is CNC(C#N)COc1c(F)cccc1[N+](=O)[O-]. The Hall–Kier alpha value is -2.20. The van der Waals surface area contributed by atoms with E-state index in [1.165, 1.54) is 13.1 Å². The Labute approximate surface area is 96.8 Å². The number of nitrogens with one attached hydrogen (secondary N) is 1. The second-order valence-corrected chi connectivity index (χ2v) is 3.13. The Morgan fingerprint density at radius 3 is 2.94 bits per heavy atom. The zero-order valence-electron chi connectivity index (χ0n) is 9.01. The third-order valence-corrected chi connectivity index (χ3v) is 2.04. The molecule has 1 unspecified atom stereocenters. The monoisotopic (exact) mass is 239 g/mol. The van der Waals surface area contributed by atoms with Crippen LogP contribution in [0.2, 0.25) is 0 Å². The molecule has 0 heterocycles. The molecule has 0 fully saturated rings. The maximum absolute atomic E-state index is 13.3. The zero-order valence-corrected chi connectivity index (χ0v) is 9.01. The molecule has 0 spiro atoms. The summed E-state index contributed by atoms with van der Waals surface area (Å²) in [6.07, 6.45) is 0. The Balaban J connectivity index is 2.90. The van der Waals surface area contributed by atoms with Gasteiger partial charge in [0.2, 0.25) is 5.75 Å². The van der Waals surface area contributed by atoms with Crippen LogP contribution in [0.4, 0.5) is 10.1 Å². The van der Waals surface area contributed by atoms with Gasteiger partial charge in [-0.2, -0.15) is 5.26 Å². The molecule has 0 aromatic heterocycles. The number of nitro groups is 1. The fourth-order valence-electron chi connectivity index (χ4n) is 1.14. The Bertz CT molecular complexity index is 459. The largest absolute Gasteiger partial charge is 0.482 e. The number of nitriles is 1. The molecule has 17 heavy (non-hydrogen) atoms. The van der Waals surface area contributed by atoms with Gasteiger partial charge in [0.15, 0.2) is 5.82 Å². The summed E-state index contributed by atoms with van der Waals surface area (Å²) in [5.74, 6) is -1.28. The molecule has 0 saturated heterocycles. The number of benzene rings is 1. The van der Waals surface area contributed by atoms with Gasteiger partial charge in [-0.05, 0) is 13.1 Å². The smallest absolute Gasteiger partial charge is 0.314 e. The summed E-state index contributed by atoms with van der Waals surface area (Å²) in [5.41, 5.74) is -0.460. The summed E-state index contributed by atoms with van der Waals surface area (Å²) in [6, 6.07) is 4.62. The van der Waals surface area contributed by atoms with Crippen LogP contribution in [0.15, 0.2) is 18.2 Å². The fraction of sp³-hybridized carbons (Fsp3) is 0.300. The second-order valence-electron chi connectivity index (χ2n) is 3.13. The van der Waals surface area contributed by atoms with E-state index in [2.05, 4.69) is 5.32 Å². The lowest BCUT2D eigenvalue weighted by molar-refractivity contribution is -0.386. The minimum Gasteiger partial charge on any atom is -0.482 e. The molecule has 1 atom stereocenters. The minimum absolute atomic E-state index is 0.172. The molecule has 0 aliphatic rings. The standard InChI is InChI=1S/C10H10FN3O3/c1-13-7(5-12)6-17-10-8(11)3-2-4-9(10)14(15)16/h2-4,7,13H,6H2,1H3. The van der Waals surface area contributed by atoms with Gasteiger partial charge in [-0.1, -0.05) is 6.07 Å². The van der Waals surface area contributed by atoms with E-state index in [-0.39, 0.29) is 6.61 Å². The van der Waals surface area contributed by atoms with Crippen molar-refractivity contribution in [3.8, 4) is 11.8 Å². The second kappa shape index (κ2) is 5.77. The first-order chi connectivity index (χ1) is 8.10. The van der Waals surface area contributed by atoms with Crippen LogP contribution in [0.25, 0.3) is 0 Å². The summed E-state index contributed by atoms with van der Waals surface area (Å²) in [7, 11) is 1.53. The van der Waals surface area contributed by atoms with Gasteiger partial charge in [-0.15, -0.1) is 0 Å². The highest BCUT2D eigenvalue weighted by Crippen LogP contribution is 2.29. The van der Waals surface area contributed by atoms with Gasteiger partial charge in [0.05, 0.1) is 11.0 Å². The van der Waals surface area contributed by atoms with Crippen LogP contribution in [-0.2, 0) is 0 Å². The van der Waals surface area contributed by atoms with E-state index < -0.39 is 28.2 Å². The summed E-state index contributed by atoms with van der Waals surface area (Å²) in [5, 5.41) is 21.9. The van der Waals surface area contributed by atoms with E-state index in [1.54, 1.807) is 0 Å². The average Bonchev–Trinajstić information content (AvgIpc) is 2.31. The lowest BCUT2D eigenvalue weighted by atomic mass is 10.3. The molecule has 0 saturated carbocycles. The molecule has 1 aromatic rings. The molecule has 1 N–H and O–H groups in total. The first-order valence-corrected chi connectivity index (χ1v) is 4.72. The van der Waals surface area contributed by atoms with Crippen molar-refractivity contribution in [2.24, 2.45) is 0 Å². The quantitative estimate of drug-likeness (QED) is 0.616. The van der Waals surface area contributed by atoms with Crippen LogP contribution in [0.5, 0.6) is 5.75 Å². The van der Waals surface area contributed by atoms with Crippen LogP contribution in [0.1, 0.15) is 0 Å². The molecule has 0 aliphatic heterocycles. The number of nitrogens with zero attached hydrogens (tertiary/aromatic N) is 2. The van der Waals surface area contributed by atoms with E-state index in [4.69, 9.17) is 10.00 Å². The minimum atomic E-state index is -0.827. The predicted molar refractivity (Wildman–Crippen MR) is 57.0 cm³/mol. The maximum atomic E-state index is 13.3. The normalized spacial score (nSPS) is 11.6. The summed E-state index contributed by atoms with van der Waals surface area (Å²) >= 11 is 0. The number of nitro benzene ring substituents is 1. The number of halogens is 1. The third-order valence-electron chi connectivity index (χ3n) is 2.04. The van der Waals surface area contributed by atoms with Gasteiger partial charge in [0.1, 0.15) is 12.6 Å². The van der Waals surface area contributed by atoms with E-state index >= 15 is 0 Å². The average molecular weight is 239 g/mol. The van der Waals surface area contributed by atoms with E-state index in [0.717, 1.165) is 12.1 Å². The van der Waals surface area contributed by atoms with Crippen molar-refractivity contribution < 1.29 is 14.1 Å². The lowest BCUT2D eigenvalue weighted by Crippen LogP contribution is -2.30. The highest BCUT2D eigenvalue weighted by atomic mass is 19.1. The lowest BCUT2D eigenvalue weighted by Gasteiger charge is -2.10. The van der Waals surface area contributed by atoms with Crippen LogP contribution < -0.4 is 10.1 Å². The predicted octanol–water partition coefficient (Wildman–Crippen LogP) is 1.22. The van der Waals surface area contributed by atoms with Gasteiger partial charge >= 0.3 is 5.69 Å². The summed E-state index contributed by atoms with van der Waals surface area (Å²) in [4.78, 5) is 9.90. The highest BCUT2D eigenvalue weighted by molar-refractivity contribution is 5.46. The topological polar surface area (TPSA) is 88.2 Å².